The summed E-state index contributed by atoms with van der Waals surface area (Å²) in [5, 5.41) is 0. The quantitative estimate of drug-likeness (QED) is 0.377. The Morgan fingerprint density at radius 2 is 2.29 bits per heavy atom. The van der Waals surface area contributed by atoms with Crippen LogP contribution < -0.4 is 0 Å². The Morgan fingerprint density at radius 3 is 2.43 bits per heavy atom. The molecule has 0 fully saturated rings. The number of hydrogen-bond donors (Lipinski definition) is 0. The summed E-state index contributed by atoms with van der Waals surface area (Å²) in [6.07, 6.45) is 3.69. The van der Waals surface area contributed by atoms with Crippen LogP contribution in [-0.4, -0.2) is 7.11 Å². The molecule has 0 saturated heterocycles. The molecule has 0 spiro atoms. The fourth-order valence-corrected chi connectivity index (χ4v) is 0.254. The van der Waals surface area contributed by atoms with E-state index in [1.165, 1.54) is 0 Å². The number of ether oxygens (including phenoxy) is 1. The van der Waals surface area contributed by atoms with Crippen LogP contribution in [-0.2, 0) is 4.74 Å². The van der Waals surface area contributed by atoms with Crippen molar-refractivity contribution < 1.29 is 4.74 Å². The first-order chi connectivity index (χ1) is 3.31. The molecular formula is C6H10O. The summed E-state index contributed by atoms with van der Waals surface area (Å²) in [4.78, 5) is 0. The molecular weight excluding hydrogens is 88.1 g/mol. The number of rotatable bonds is 2. The van der Waals surface area contributed by atoms with Crippen molar-refractivity contribution in [3.63, 3.8) is 0 Å². The lowest BCUT2D eigenvalue weighted by atomic mass is 10.5. The molecule has 0 aliphatic rings. The molecule has 0 saturated carbocycles. The highest BCUT2D eigenvalue weighted by Crippen LogP contribution is 1.89. The van der Waals surface area contributed by atoms with Gasteiger partial charge in [-0.3, -0.25) is 0 Å². The van der Waals surface area contributed by atoms with E-state index in [1.807, 2.05) is 13.0 Å². The molecule has 7 heavy (non-hydrogen) atoms. The molecule has 0 aliphatic heterocycles. The number of hydrogen-bond acceptors (Lipinski definition) is 1. The molecule has 0 amide bonds. The van der Waals surface area contributed by atoms with E-state index in [0.29, 0.717) is 5.76 Å². The highest BCUT2D eigenvalue weighted by molar-refractivity contribution is 5.04. The topological polar surface area (TPSA) is 9.23 Å². The molecule has 0 radical (unpaired) electrons. The highest BCUT2D eigenvalue weighted by atomic mass is 16.5. The minimum atomic E-state index is 0.697. The summed E-state index contributed by atoms with van der Waals surface area (Å²) in [6, 6.07) is 0. The lowest BCUT2D eigenvalue weighted by Gasteiger charge is -1.91. The Labute approximate surface area is 44.3 Å². The van der Waals surface area contributed by atoms with Crippen molar-refractivity contribution in [2.45, 2.75) is 6.92 Å². The monoisotopic (exact) mass is 98.1 g/mol. The largest absolute Gasteiger partial charge is 0.497 e. The van der Waals surface area contributed by atoms with Crippen molar-refractivity contribution >= 4 is 0 Å². The van der Waals surface area contributed by atoms with Crippen LogP contribution >= 0.6 is 0 Å². The zero-order valence-electron chi connectivity index (χ0n) is 4.77. The molecule has 0 aromatic heterocycles. The third-order valence-corrected chi connectivity index (χ3v) is 0.615. The molecule has 0 aliphatic carbocycles. The first kappa shape index (κ1) is 6.28. The zero-order valence-corrected chi connectivity index (χ0v) is 4.77. The normalized spacial score (nSPS) is 9.43. The van der Waals surface area contributed by atoms with Crippen LogP contribution in [0, 0.1) is 0 Å². The SMILES string of the molecule is C=C(/C=C/C)OC. The van der Waals surface area contributed by atoms with Crippen molar-refractivity contribution in [1.82, 2.24) is 0 Å². The maximum Gasteiger partial charge on any atom is 0.111 e. The summed E-state index contributed by atoms with van der Waals surface area (Å²) in [7, 11) is 1.60. The van der Waals surface area contributed by atoms with Gasteiger partial charge in [0.2, 0.25) is 0 Å². The van der Waals surface area contributed by atoms with E-state index >= 15 is 0 Å². The Bertz CT molecular complexity index is 82.2. The average molecular weight is 98.1 g/mol. The maximum absolute atomic E-state index is 4.71. The summed E-state index contributed by atoms with van der Waals surface area (Å²) in [6.45, 7) is 5.47. The van der Waals surface area contributed by atoms with Gasteiger partial charge >= 0.3 is 0 Å². The van der Waals surface area contributed by atoms with Crippen LogP contribution in [0.3, 0.4) is 0 Å². The Morgan fingerprint density at radius 1 is 1.71 bits per heavy atom. The van der Waals surface area contributed by atoms with Gasteiger partial charge in [-0.15, -0.1) is 0 Å². The van der Waals surface area contributed by atoms with Gasteiger partial charge in [0.05, 0.1) is 7.11 Å². The van der Waals surface area contributed by atoms with Crippen molar-refractivity contribution in [2.75, 3.05) is 7.11 Å². The highest BCUT2D eigenvalue weighted by Gasteiger charge is 1.74. The fourth-order valence-electron chi connectivity index (χ4n) is 0.254. The molecule has 0 aromatic rings. The molecule has 0 bridgehead atoms. The lowest BCUT2D eigenvalue weighted by Crippen LogP contribution is -1.74. The summed E-state index contributed by atoms with van der Waals surface area (Å²) in [5.41, 5.74) is 0. The van der Waals surface area contributed by atoms with Crippen LogP contribution in [0.2, 0.25) is 0 Å². The van der Waals surface area contributed by atoms with Crippen LogP contribution in [0.25, 0.3) is 0 Å². The smallest absolute Gasteiger partial charge is 0.111 e. The van der Waals surface area contributed by atoms with Crippen molar-refractivity contribution in [3.05, 3.63) is 24.5 Å². The Balaban J connectivity index is 3.37. The Hall–Kier alpha value is -0.720. The van der Waals surface area contributed by atoms with Gasteiger partial charge in [-0.25, -0.2) is 0 Å². The molecule has 40 valence electrons. The number of methoxy groups -OCH3 is 1. The van der Waals surface area contributed by atoms with Crippen LogP contribution in [0.15, 0.2) is 24.5 Å². The van der Waals surface area contributed by atoms with E-state index in [1.54, 1.807) is 13.2 Å². The van der Waals surface area contributed by atoms with Crippen LogP contribution in [0.5, 0.6) is 0 Å². The van der Waals surface area contributed by atoms with Gasteiger partial charge in [0.1, 0.15) is 5.76 Å². The lowest BCUT2D eigenvalue weighted by molar-refractivity contribution is 0.309. The van der Waals surface area contributed by atoms with Crippen molar-refractivity contribution in [1.29, 1.82) is 0 Å². The second kappa shape index (κ2) is 3.47. The molecule has 0 unspecified atom stereocenters. The van der Waals surface area contributed by atoms with E-state index in [4.69, 9.17) is 4.74 Å². The first-order valence-corrected chi connectivity index (χ1v) is 2.17. The van der Waals surface area contributed by atoms with Crippen molar-refractivity contribution in [3.8, 4) is 0 Å². The van der Waals surface area contributed by atoms with Gasteiger partial charge in [0, 0.05) is 0 Å². The van der Waals surface area contributed by atoms with Gasteiger partial charge in [-0.05, 0) is 13.0 Å². The van der Waals surface area contributed by atoms with Gasteiger partial charge in [0.15, 0.2) is 0 Å². The molecule has 0 heterocycles. The van der Waals surface area contributed by atoms with Gasteiger partial charge in [-0.1, -0.05) is 12.7 Å². The molecule has 1 heteroatoms. The molecule has 0 atom stereocenters. The minimum Gasteiger partial charge on any atom is -0.497 e. The second-order valence-corrected chi connectivity index (χ2v) is 1.17. The Kier molecular flexibility index (Phi) is 3.11. The standard InChI is InChI=1S/C6H10O/c1-4-5-6(2)7-3/h4-5H,2H2,1,3H3/b5-4+. The third-order valence-electron chi connectivity index (χ3n) is 0.615. The summed E-state index contributed by atoms with van der Waals surface area (Å²) >= 11 is 0. The fraction of sp³-hybridized carbons (Fsp3) is 0.333. The van der Waals surface area contributed by atoms with E-state index in [-0.39, 0.29) is 0 Å². The van der Waals surface area contributed by atoms with Crippen LogP contribution in [0.4, 0.5) is 0 Å². The van der Waals surface area contributed by atoms with E-state index in [0.717, 1.165) is 0 Å². The van der Waals surface area contributed by atoms with E-state index in [2.05, 4.69) is 6.58 Å². The van der Waals surface area contributed by atoms with Gasteiger partial charge in [-0.2, -0.15) is 0 Å². The van der Waals surface area contributed by atoms with E-state index in [9.17, 15) is 0 Å². The third kappa shape index (κ3) is 3.10. The zero-order chi connectivity index (χ0) is 5.70. The maximum atomic E-state index is 4.71. The molecule has 0 N–H and O–H groups in total. The minimum absolute atomic E-state index is 0.697. The molecule has 0 aromatic carbocycles. The van der Waals surface area contributed by atoms with Crippen LogP contribution in [0.1, 0.15) is 6.92 Å². The first-order valence-electron chi connectivity index (χ1n) is 2.17. The summed E-state index contributed by atoms with van der Waals surface area (Å²) < 4.78 is 4.71. The van der Waals surface area contributed by atoms with Gasteiger partial charge in [0.25, 0.3) is 0 Å². The van der Waals surface area contributed by atoms with E-state index < -0.39 is 0 Å². The second-order valence-electron chi connectivity index (χ2n) is 1.17. The predicted molar refractivity (Wildman–Crippen MR) is 31.0 cm³/mol. The summed E-state index contributed by atoms with van der Waals surface area (Å²) in [5.74, 6) is 0.697. The number of allylic oxidation sites excluding steroid dienone is 2. The predicted octanol–water partition coefficient (Wildman–Crippen LogP) is 1.72. The van der Waals surface area contributed by atoms with Gasteiger partial charge < -0.3 is 4.74 Å². The van der Waals surface area contributed by atoms with Crippen molar-refractivity contribution in [2.24, 2.45) is 0 Å². The molecule has 1 nitrogen and oxygen atoms in total. The average Bonchev–Trinajstić information content (AvgIpc) is 1.68. The molecule has 0 rings (SSSR count).